The van der Waals surface area contributed by atoms with Crippen molar-refractivity contribution in [1.29, 1.82) is 0 Å². The molecule has 100 valence electrons. The summed E-state index contributed by atoms with van der Waals surface area (Å²) >= 11 is 0. The summed E-state index contributed by atoms with van der Waals surface area (Å²) in [5.74, 6) is 0.270. The van der Waals surface area contributed by atoms with Crippen LogP contribution in [0.4, 0.5) is 0 Å². The predicted molar refractivity (Wildman–Crippen MR) is 72.1 cm³/mol. The number of rotatable bonds is 4. The zero-order chi connectivity index (χ0) is 13.0. The maximum absolute atomic E-state index is 10.1. The maximum atomic E-state index is 10.1. The number of nitrogens with zero attached hydrogens (tertiary/aromatic N) is 1. The van der Waals surface area contributed by atoms with Crippen LogP contribution < -0.4 is 0 Å². The third kappa shape index (κ3) is 3.10. The molecule has 0 spiro atoms. The molecule has 1 saturated heterocycles. The van der Waals surface area contributed by atoms with Crippen molar-refractivity contribution in [3.63, 3.8) is 0 Å². The van der Waals surface area contributed by atoms with E-state index in [1.807, 2.05) is 6.07 Å². The SMILES string of the molecule is CC[C@H]1CN(Cc2ccccc2)C[C@H](CO)[C@@H]1O. The second kappa shape index (κ2) is 6.32. The van der Waals surface area contributed by atoms with Crippen molar-refractivity contribution in [2.75, 3.05) is 19.7 Å². The van der Waals surface area contributed by atoms with Gasteiger partial charge in [-0.25, -0.2) is 0 Å². The quantitative estimate of drug-likeness (QED) is 0.850. The molecule has 1 fully saturated rings. The molecule has 18 heavy (non-hydrogen) atoms. The summed E-state index contributed by atoms with van der Waals surface area (Å²) in [6, 6.07) is 10.4. The van der Waals surface area contributed by atoms with Crippen molar-refractivity contribution < 1.29 is 10.2 Å². The molecule has 3 heteroatoms. The monoisotopic (exact) mass is 249 g/mol. The van der Waals surface area contributed by atoms with Gasteiger partial charge in [0, 0.05) is 32.2 Å². The molecule has 3 nitrogen and oxygen atoms in total. The summed E-state index contributed by atoms with van der Waals surface area (Å²) in [7, 11) is 0. The Morgan fingerprint density at radius 3 is 2.44 bits per heavy atom. The van der Waals surface area contributed by atoms with Crippen molar-refractivity contribution in [1.82, 2.24) is 4.90 Å². The van der Waals surface area contributed by atoms with Crippen LogP contribution in [0, 0.1) is 11.8 Å². The Labute approximate surface area is 109 Å². The molecule has 0 amide bonds. The Balaban J connectivity index is 2.01. The summed E-state index contributed by atoms with van der Waals surface area (Å²) in [5, 5.41) is 19.5. The van der Waals surface area contributed by atoms with Crippen molar-refractivity contribution in [2.45, 2.75) is 26.0 Å². The number of aliphatic hydroxyl groups is 2. The highest BCUT2D eigenvalue weighted by atomic mass is 16.3. The van der Waals surface area contributed by atoms with Gasteiger partial charge in [0.05, 0.1) is 6.10 Å². The molecule has 0 radical (unpaired) electrons. The number of likely N-dealkylation sites (tertiary alicyclic amines) is 1. The highest BCUT2D eigenvalue weighted by molar-refractivity contribution is 5.14. The number of aliphatic hydroxyl groups excluding tert-OH is 2. The minimum Gasteiger partial charge on any atom is -0.396 e. The number of hydrogen-bond donors (Lipinski definition) is 2. The normalized spacial score (nSPS) is 29.4. The lowest BCUT2D eigenvalue weighted by Crippen LogP contribution is -2.50. The van der Waals surface area contributed by atoms with Crippen LogP contribution in [0.15, 0.2) is 30.3 Å². The number of benzene rings is 1. The van der Waals surface area contributed by atoms with Crippen LogP contribution in [-0.2, 0) is 6.54 Å². The summed E-state index contributed by atoms with van der Waals surface area (Å²) in [4.78, 5) is 2.34. The Kier molecular flexibility index (Phi) is 4.75. The molecule has 1 aromatic carbocycles. The molecule has 0 aliphatic carbocycles. The molecule has 1 aliphatic heterocycles. The van der Waals surface area contributed by atoms with Gasteiger partial charge < -0.3 is 10.2 Å². The van der Waals surface area contributed by atoms with Crippen LogP contribution in [0.1, 0.15) is 18.9 Å². The lowest BCUT2D eigenvalue weighted by Gasteiger charge is -2.40. The average molecular weight is 249 g/mol. The van der Waals surface area contributed by atoms with E-state index in [9.17, 15) is 10.2 Å². The fourth-order valence-electron chi connectivity index (χ4n) is 2.85. The van der Waals surface area contributed by atoms with Gasteiger partial charge in [-0.3, -0.25) is 4.90 Å². The first kappa shape index (κ1) is 13.5. The van der Waals surface area contributed by atoms with E-state index in [1.165, 1.54) is 5.56 Å². The fourth-order valence-corrected chi connectivity index (χ4v) is 2.85. The molecule has 1 heterocycles. The molecule has 0 unspecified atom stereocenters. The molecular formula is C15H23NO2. The van der Waals surface area contributed by atoms with E-state index in [-0.39, 0.29) is 24.5 Å². The van der Waals surface area contributed by atoms with Gasteiger partial charge >= 0.3 is 0 Å². The zero-order valence-electron chi connectivity index (χ0n) is 11.0. The van der Waals surface area contributed by atoms with Crippen molar-refractivity contribution in [2.24, 2.45) is 11.8 Å². The Morgan fingerprint density at radius 2 is 1.83 bits per heavy atom. The molecule has 0 saturated carbocycles. The fraction of sp³-hybridized carbons (Fsp3) is 0.600. The van der Waals surface area contributed by atoms with E-state index in [4.69, 9.17) is 0 Å². The Hall–Kier alpha value is -0.900. The Morgan fingerprint density at radius 1 is 1.17 bits per heavy atom. The smallest absolute Gasteiger partial charge is 0.0642 e. The van der Waals surface area contributed by atoms with Crippen LogP contribution in [-0.4, -0.2) is 40.9 Å². The van der Waals surface area contributed by atoms with Crippen LogP contribution in [0.25, 0.3) is 0 Å². The lowest BCUT2D eigenvalue weighted by molar-refractivity contribution is -0.0449. The summed E-state index contributed by atoms with van der Waals surface area (Å²) in [6.45, 7) is 4.78. The minimum atomic E-state index is -0.355. The second-order valence-electron chi connectivity index (χ2n) is 5.28. The van der Waals surface area contributed by atoms with Gasteiger partial charge in [-0.1, -0.05) is 37.3 Å². The summed E-state index contributed by atoms with van der Waals surface area (Å²) in [5.41, 5.74) is 1.29. The van der Waals surface area contributed by atoms with E-state index in [0.29, 0.717) is 0 Å². The van der Waals surface area contributed by atoms with Gasteiger partial charge in [0.15, 0.2) is 0 Å². The summed E-state index contributed by atoms with van der Waals surface area (Å²) < 4.78 is 0. The largest absolute Gasteiger partial charge is 0.396 e. The van der Waals surface area contributed by atoms with E-state index in [2.05, 4.69) is 36.1 Å². The third-order valence-electron chi connectivity index (χ3n) is 3.96. The van der Waals surface area contributed by atoms with E-state index in [0.717, 1.165) is 26.1 Å². The summed E-state index contributed by atoms with van der Waals surface area (Å²) in [6.07, 6.45) is 0.607. The second-order valence-corrected chi connectivity index (χ2v) is 5.28. The molecule has 2 rings (SSSR count). The van der Waals surface area contributed by atoms with Gasteiger partial charge in [0.2, 0.25) is 0 Å². The van der Waals surface area contributed by atoms with Crippen molar-refractivity contribution in [3.8, 4) is 0 Å². The number of hydrogen-bond acceptors (Lipinski definition) is 3. The highest BCUT2D eigenvalue weighted by Gasteiger charge is 2.33. The number of piperidine rings is 1. The van der Waals surface area contributed by atoms with Gasteiger partial charge in [0.1, 0.15) is 0 Å². The molecule has 3 atom stereocenters. The third-order valence-corrected chi connectivity index (χ3v) is 3.96. The van der Waals surface area contributed by atoms with E-state index in [1.54, 1.807) is 0 Å². The molecule has 1 aliphatic rings. The topological polar surface area (TPSA) is 43.7 Å². The van der Waals surface area contributed by atoms with Crippen molar-refractivity contribution >= 4 is 0 Å². The predicted octanol–water partition coefficient (Wildman–Crippen LogP) is 1.50. The first-order valence-electron chi connectivity index (χ1n) is 6.79. The molecular weight excluding hydrogens is 226 g/mol. The van der Waals surface area contributed by atoms with Gasteiger partial charge in [-0.2, -0.15) is 0 Å². The molecule has 1 aromatic rings. The first-order valence-corrected chi connectivity index (χ1v) is 6.79. The van der Waals surface area contributed by atoms with Crippen LogP contribution in [0.3, 0.4) is 0 Å². The van der Waals surface area contributed by atoms with Crippen LogP contribution in [0.5, 0.6) is 0 Å². The minimum absolute atomic E-state index is 0.00703. The maximum Gasteiger partial charge on any atom is 0.0642 e. The van der Waals surface area contributed by atoms with Crippen LogP contribution >= 0.6 is 0 Å². The lowest BCUT2D eigenvalue weighted by atomic mass is 9.84. The van der Waals surface area contributed by atoms with Crippen LogP contribution in [0.2, 0.25) is 0 Å². The standard InChI is InChI=1S/C15H23NO2/c1-2-13-9-16(10-14(11-17)15(13)18)8-12-6-4-3-5-7-12/h3-7,13-15,17-18H,2,8-11H2,1H3/t13-,14+,15+/m0/s1. The Bertz CT molecular complexity index is 341. The van der Waals surface area contributed by atoms with E-state index >= 15 is 0 Å². The highest BCUT2D eigenvalue weighted by Crippen LogP contribution is 2.25. The molecule has 0 aromatic heterocycles. The average Bonchev–Trinajstić information content (AvgIpc) is 2.41. The first-order chi connectivity index (χ1) is 8.74. The van der Waals surface area contributed by atoms with Gasteiger partial charge in [0.25, 0.3) is 0 Å². The zero-order valence-corrected chi connectivity index (χ0v) is 11.0. The van der Waals surface area contributed by atoms with E-state index < -0.39 is 0 Å². The van der Waals surface area contributed by atoms with Crippen molar-refractivity contribution in [3.05, 3.63) is 35.9 Å². The van der Waals surface area contributed by atoms with Gasteiger partial charge in [-0.15, -0.1) is 0 Å². The molecule has 0 bridgehead atoms. The molecule has 2 N–H and O–H groups in total. The van der Waals surface area contributed by atoms with Gasteiger partial charge in [-0.05, 0) is 17.9 Å².